The minimum atomic E-state index is 0.0857. The zero-order valence-electron chi connectivity index (χ0n) is 9.58. The highest BCUT2D eigenvalue weighted by Gasteiger charge is 2.23. The molecule has 1 atom stereocenters. The van der Waals surface area contributed by atoms with Crippen molar-refractivity contribution in [2.24, 2.45) is 11.7 Å². The van der Waals surface area contributed by atoms with E-state index in [-0.39, 0.29) is 6.04 Å². The first-order valence-electron chi connectivity index (χ1n) is 5.78. The van der Waals surface area contributed by atoms with Crippen molar-refractivity contribution in [3.05, 3.63) is 34.3 Å². The summed E-state index contributed by atoms with van der Waals surface area (Å²) in [6.07, 6.45) is 2.10. The zero-order chi connectivity index (χ0) is 11.5. The van der Waals surface area contributed by atoms with E-state index in [9.17, 15) is 0 Å². The van der Waals surface area contributed by atoms with Gasteiger partial charge in [-0.2, -0.15) is 0 Å². The number of ether oxygens (including phenoxy) is 1. The molecule has 0 saturated carbocycles. The minimum Gasteiger partial charge on any atom is -0.381 e. The van der Waals surface area contributed by atoms with Crippen molar-refractivity contribution in [1.29, 1.82) is 0 Å². The van der Waals surface area contributed by atoms with Crippen molar-refractivity contribution in [3.63, 3.8) is 0 Å². The van der Waals surface area contributed by atoms with Gasteiger partial charge in [-0.15, -0.1) is 0 Å². The maximum atomic E-state index is 6.33. The van der Waals surface area contributed by atoms with E-state index in [4.69, 9.17) is 22.1 Å². The molecule has 0 radical (unpaired) electrons. The van der Waals surface area contributed by atoms with E-state index in [0.717, 1.165) is 31.1 Å². The highest BCUT2D eigenvalue weighted by molar-refractivity contribution is 6.30. The molecule has 0 aliphatic carbocycles. The number of rotatable bonds is 2. The lowest BCUT2D eigenvalue weighted by molar-refractivity contribution is 0.0583. The highest BCUT2D eigenvalue weighted by Crippen LogP contribution is 2.31. The van der Waals surface area contributed by atoms with E-state index in [1.54, 1.807) is 0 Å². The summed E-state index contributed by atoms with van der Waals surface area (Å²) in [6.45, 7) is 3.75. The van der Waals surface area contributed by atoms with Gasteiger partial charge in [0.05, 0.1) is 0 Å². The molecule has 1 aromatic rings. The molecule has 0 amide bonds. The van der Waals surface area contributed by atoms with Gasteiger partial charge in [0.2, 0.25) is 0 Å². The van der Waals surface area contributed by atoms with Crippen molar-refractivity contribution < 1.29 is 4.74 Å². The Balaban J connectivity index is 2.18. The Bertz CT molecular complexity index is 361. The monoisotopic (exact) mass is 239 g/mol. The lowest BCUT2D eigenvalue weighted by Crippen LogP contribution is -2.27. The Morgan fingerprint density at radius 1 is 1.38 bits per heavy atom. The van der Waals surface area contributed by atoms with Crippen molar-refractivity contribution in [1.82, 2.24) is 0 Å². The van der Waals surface area contributed by atoms with Crippen LogP contribution in [0.25, 0.3) is 0 Å². The topological polar surface area (TPSA) is 35.2 Å². The largest absolute Gasteiger partial charge is 0.381 e. The molecule has 1 aliphatic rings. The molecular weight excluding hydrogens is 222 g/mol. The third-order valence-electron chi connectivity index (χ3n) is 3.37. The number of hydrogen-bond acceptors (Lipinski definition) is 2. The lowest BCUT2D eigenvalue weighted by Gasteiger charge is -2.28. The van der Waals surface area contributed by atoms with Crippen LogP contribution in [-0.4, -0.2) is 13.2 Å². The molecule has 1 fully saturated rings. The highest BCUT2D eigenvalue weighted by atomic mass is 35.5. The summed E-state index contributed by atoms with van der Waals surface area (Å²) >= 11 is 6.02. The van der Waals surface area contributed by atoms with Gasteiger partial charge in [-0.3, -0.25) is 0 Å². The van der Waals surface area contributed by atoms with E-state index >= 15 is 0 Å². The summed E-state index contributed by atoms with van der Waals surface area (Å²) in [5.41, 5.74) is 8.73. The van der Waals surface area contributed by atoms with Gasteiger partial charge in [0, 0.05) is 24.3 Å². The Morgan fingerprint density at radius 3 is 2.75 bits per heavy atom. The lowest BCUT2D eigenvalue weighted by atomic mass is 9.86. The second kappa shape index (κ2) is 5.17. The van der Waals surface area contributed by atoms with Gasteiger partial charge in [-0.05, 0) is 48.9 Å². The fourth-order valence-electron chi connectivity index (χ4n) is 2.30. The Labute approximate surface area is 102 Å². The molecule has 2 nitrogen and oxygen atoms in total. The average molecular weight is 240 g/mol. The standard InChI is InChI=1S/C13H18ClNO/c1-9-2-3-11(14)8-12(9)13(15)10-4-6-16-7-5-10/h2-3,8,10,13H,4-7,15H2,1H3. The van der Waals surface area contributed by atoms with Gasteiger partial charge in [0.1, 0.15) is 0 Å². The minimum absolute atomic E-state index is 0.0857. The van der Waals surface area contributed by atoms with Crippen LogP contribution in [-0.2, 0) is 4.74 Å². The second-order valence-corrected chi connectivity index (χ2v) is 4.91. The summed E-state index contributed by atoms with van der Waals surface area (Å²) in [5, 5.41) is 0.767. The van der Waals surface area contributed by atoms with Crippen molar-refractivity contribution in [2.45, 2.75) is 25.8 Å². The smallest absolute Gasteiger partial charge is 0.0469 e. The maximum Gasteiger partial charge on any atom is 0.0469 e. The SMILES string of the molecule is Cc1ccc(Cl)cc1C(N)C1CCOCC1. The summed E-state index contributed by atoms with van der Waals surface area (Å²) < 4.78 is 5.36. The molecule has 1 aliphatic heterocycles. The van der Waals surface area contributed by atoms with Gasteiger partial charge >= 0.3 is 0 Å². The Hall–Kier alpha value is -0.570. The molecule has 2 N–H and O–H groups in total. The van der Waals surface area contributed by atoms with Crippen molar-refractivity contribution in [2.75, 3.05) is 13.2 Å². The van der Waals surface area contributed by atoms with Gasteiger partial charge < -0.3 is 10.5 Å². The van der Waals surface area contributed by atoms with Crippen LogP contribution in [0, 0.1) is 12.8 Å². The van der Waals surface area contributed by atoms with E-state index < -0.39 is 0 Å². The number of hydrogen-bond donors (Lipinski definition) is 1. The van der Waals surface area contributed by atoms with Crippen molar-refractivity contribution >= 4 is 11.6 Å². The molecule has 1 heterocycles. The van der Waals surface area contributed by atoms with Crippen LogP contribution < -0.4 is 5.73 Å². The van der Waals surface area contributed by atoms with Gasteiger partial charge in [-0.25, -0.2) is 0 Å². The van der Waals surface area contributed by atoms with Gasteiger partial charge in [-0.1, -0.05) is 17.7 Å². The molecule has 0 bridgehead atoms. The molecule has 3 heteroatoms. The summed E-state index contributed by atoms with van der Waals surface area (Å²) in [7, 11) is 0. The predicted octanol–water partition coefficient (Wildman–Crippen LogP) is 3.07. The van der Waals surface area contributed by atoms with Crippen LogP contribution in [0.2, 0.25) is 5.02 Å². The first-order chi connectivity index (χ1) is 7.68. The molecule has 0 spiro atoms. The summed E-state index contributed by atoms with van der Waals surface area (Å²) in [4.78, 5) is 0. The van der Waals surface area contributed by atoms with Crippen LogP contribution in [0.15, 0.2) is 18.2 Å². The molecule has 1 unspecified atom stereocenters. The molecule has 1 aromatic carbocycles. The number of aryl methyl sites for hydroxylation is 1. The van der Waals surface area contributed by atoms with Crippen LogP contribution in [0.4, 0.5) is 0 Å². The van der Waals surface area contributed by atoms with Gasteiger partial charge in [0.15, 0.2) is 0 Å². The molecule has 88 valence electrons. The third-order valence-corrected chi connectivity index (χ3v) is 3.61. The predicted molar refractivity (Wildman–Crippen MR) is 66.7 cm³/mol. The van der Waals surface area contributed by atoms with Crippen LogP contribution in [0.5, 0.6) is 0 Å². The first kappa shape index (κ1) is 11.9. The maximum absolute atomic E-state index is 6.33. The number of benzene rings is 1. The van der Waals surface area contributed by atoms with Gasteiger partial charge in [0.25, 0.3) is 0 Å². The molecule has 0 aromatic heterocycles. The molecule has 1 saturated heterocycles. The summed E-state index contributed by atoms with van der Waals surface area (Å²) in [6, 6.07) is 6.04. The fraction of sp³-hybridized carbons (Fsp3) is 0.538. The first-order valence-corrected chi connectivity index (χ1v) is 6.15. The van der Waals surface area contributed by atoms with Crippen LogP contribution >= 0.6 is 11.6 Å². The third kappa shape index (κ3) is 2.57. The molecular formula is C13H18ClNO. The number of halogens is 1. The van der Waals surface area contributed by atoms with Crippen LogP contribution in [0.3, 0.4) is 0 Å². The molecule has 16 heavy (non-hydrogen) atoms. The normalized spacial score (nSPS) is 19.7. The quantitative estimate of drug-likeness (QED) is 0.861. The van der Waals surface area contributed by atoms with E-state index in [0.29, 0.717) is 5.92 Å². The Kier molecular flexibility index (Phi) is 3.85. The van der Waals surface area contributed by atoms with Crippen LogP contribution in [0.1, 0.15) is 30.0 Å². The van der Waals surface area contributed by atoms with Crippen molar-refractivity contribution in [3.8, 4) is 0 Å². The number of nitrogens with two attached hydrogens (primary N) is 1. The summed E-state index contributed by atoms with van der Waals surface area (Å²) in [5.74, 6) is 0.519. The fourth-order valence-corrected chi connectivity index (χ4v) is 2.48. The average Bonchev–Trinajstić information content (AvgIpc) is 2.32. The zero-order valence-corrected chi connectivity index (χ0v) is 10.3. The molecule has 2 rings (SSSR count). The van der Waals surface area contributed by atoms with E-state index in [2.05, 4.69) is 6.92 Å². The van der Waals surface area contributed by atoms with E-state index in [1.165, 1.54) is 11.1 Å². The van der Waals surface area contributed by atoms with E-state index in [1.807, 2.05) is 18.2 Å². The second-order valence-electron chi connectivity index (χ2n) is 4.48. The Morgan fingerprint density at radius 2 is 2.06 bits per heavy atom.